The number of ether oxygens (including phenoxy) is 2. The van der Waals surface area contributed by atoms with E-state index in [4.69, 9.17) is 13.9 Å². The molecule has 3 aromatic carbocycles. The van der Waals surface area contributed by atoms with E-state index in [0.717, 1.165) is 24.7 Å². The Morgan fingerprint density at radius 2 is 1.69 bits per heavy atom. The first kappa shape index (κ1) is 31.5. The first-order valence-corrected chi connectivity index (χ1v) is 13.5. The highest BCUT2D eigenvalue weighted by molar-refractivity contribution is 5.90. The monoisotopic (exact) mass is 623 g/mol. The summed E-state index contributed by atoms with van der Waals surface area (Å²) in [4.78, 5) is 25.3. The van der Waals surface area contributed by atoms with Crippen molar-refractivity contribution in [3.63, 3.8) is 0 Å². The zero-order valence-electron chi connectivity index (χ0n) is 23.4. The fraction of sp³-hybridized carbons (Fsp3) is 0.226. The molecule has 0 unspecified atom stereocenters. The van der Waals surface area contributed by atoms with Gasteiger partial charge in [0, 0.05) is 17.7 Å². The molecule has 14 nitrogen and oxygen atoms in total. The molecule has 1 saturated heterocycles. The second-order valence-electron chi connectivity index (χ2n) is 10.3. The predicted octanol–water partition coefficient (Wildman–Crippen LogP) is 0.926. The van der Waals surface area contributed by atoms with Gasteiger partial charge in [0.1, 0.15) is 47.0 Å². The summed E-state index contributed by atoms with van der Waals surface area (Å²) in [6.07, 6.45) is -7.49. The second kappa shape index (κ2) is 12.2. The number of hydrogen-bond acceptors (Lipinski definition) is 13. The number of carbonyl (C=O) groups is 1. The van der Waals surface area contributed by atoms with Crippen LogP contribution in [0.25, 0.3) is 34.4 Å². The number of nitrogens with one attached hydrogen (secondary N) is 1. The van der Waals surface area contributed by atoms with Crippen LogP contribution < -0.4 is 15.5 Å². The number of likely N-dealkylation sites (N-methyl/N-ethyl adjacent to an activating group) is 1. The standard InChI is InChI=1S/C31H29NO13/c1-32-29(40)31(30(41)42)27(39)25(37)26(38)28(45-31)44-21-13-20-22(24(36)23(21)35)18(34)12-19(43-20)17-10-9-16(33)11-15(17)8-7-14-5-3-2-4-6-14/h2-13,25-29,32-33,35-40H,1H3,(H,41,42)/b8-7+/t25-,26-,27+,28-,29-,31-/m1/s1. The average molecular weight is 624 g/mol. The molecular weight excluding hydrogens is 594 g/mol. The number of phenolic OH excluding ortho intramolecular Hbond substituents is 3. The number of carboxylic acids is 1. The number of rotatable bonds is 8. The van der Waals surface area contributed by atoms with Crippen molar-refractivity contribution >= 4 is 29.1 Å². The Kier molecular flexibility index (Phi) is 8.53. The minimum atomic E-state index is -2.95. The number of aliphatic hydroxyl groups excluding tert-OH is 4. The third-order valence-corrected chi connectivity index (χ3v) is 7.45. The van der Waals surface area contributed by atoms with Gasteiger partial charge in [0.25, 0.3) is 0 Å². The third-order valence-electron chi connectivity index (χ3n) is 7.45. The Bertz CT molecular complexity index is 1820. The Labute approximate surface area is 253 Å². The van der Waals surface area contributed by atoms with Gasteiger partial charge in [0.15, 0.2) is 16.9 Å². The molecule has 0 amide bonds. The molecular formula is C31H29NO13. The summed E-state index contributed by atoms with van der Waals surface area (Å²) in [5.41, 5.74) is -2.36. The van der Waals surface area contributed by atoms with E-state index in [9.17, 15) is 50.4 Å². The maximum atomic E-state index is 13.1. The lowest BCUT2D eigenvalue weighted by Gasteiger charge is -2.47. The highest BCUT2D eigenvalue weighted by atomic mass is 16.7. The van der Waals surface area contributed by atoms with Gasteiger partial charge in [-0.15, -0.1) is 0 Å². The highest BCUT2D eigenvalue weighted by Gasteiger charge is 2.63. The number of aliphatic hydroxyl groups is 4. The van der Waals surface area contributed by atoms with Gasteiger partial charge in [0.2, 0.25) is 17.6 Å². The minimum absolute atomic E-state index is 0.00853. The summed E-state index contributed by atoms with van der Waals surface area (Å²) in [6.45, 7) is 0. The largest absolute Gasteiger partial charge is 0.508 e. The van der Waals surface area contributed by atoms with Crippen molar-refractivity contribution in [2.45, 2.75) is 36.4 Å². The fourth-order valence-corrected chi connectivity index (χ4v) is 5.04. The summed E-state index contributed by atoms with van der Waals surface area (Å²) >= 11 is 0. The van der Waals surface area contributed by atoms with Gasteiger partial charge in [-0.05, 0) is 36.4 Å². The molecule has 236 valence electrons. The molecule has 5 rings (SSSR count). The molecule has 0 spiro atoms. The van der Waals surface area contributed by atoms with Crippen molar-refractivity contribution in [3.8, 4) is 34.3 Å². The zero-order chi connectivity index (χ0) is 32.6. The summed E-state index contributed by atoms with van der Waals surface area (Å²) in [6, 6.07) is 15.6. The van der Waals surface area contributed by atoms with Crippen LogP contribution in [0.5, 0.6) is 23.0 Å². The van der Waals surface area contributed by atoms with Gasteiger partial charge in [-0.1, -0.05) is 42.5 Å². The van der Waals surface area contributed by atoms with E-state index in [-0.39, 0.29) is 17.1 Å². The summed E-state index contributed by atoms with van der Waals surface area (Å²) in [5.74, 6) is -4.68. The molecule has 0 saturated carbocycles. The number of benzene rings is 3. The van der Waals surface area contributed by atoms with Crippen LogP contribution in [0, 0.1) is 0 Å². The van der Waals surface area contributed by atoms with Crippen LogP contribution in [-0.4, -0.2) is 90.3 Å². The van der Waals surface area contributed by atoms with Gasteiger partial charge < -0.3 is 54.7 Å². The molecule has 6 atom stereocenters. The van der Waals surface area contributed by atoms with E-state index < -0.39 is 70.5 Å². The van der Waals surface area contributed by atoms with Gasteiger partial charge in [0.05, 0.1) is 0 Å². The SMILES string of the molecule is CN[C@H](O)[C@]1(C(=O)O)O[C@@H](Oc2cc3oc(-c4ccc(O)cc4/C=C/c4ccccc4)cc(=O)c3c(O)c2O)[C@H](O)[C@@H](O)[C@@H]1O. The van der Waals surface area contributed by atoms with Crippen molar-refractivity contribution in [3.05, 3.63) is 82.0 Å². The molecule has 0 radical (unpaired) electrons. The average Bonchev–Trinajstić information content (AvgIpc) is 3.02. The summed E-state index contributed by atoms with van der Waals surface area (Å²) < 4.78 is 16.7. The Balaban J connectivity index is 1.58. The maximum Gasteiger partial charge on any atom is 0.343 e. The van der Waals surface area contributed by atoms with Crippen LogP contribution in [-0.2, 0) is 9.53 Å². The van der Waals surface area contributed by atoms with E-state index in [0.29, 0.717) is 11.1 Å². The molecule has 1 fully saturated rings. The topological polar surface area (TPSA) is 240 Å². The minimum Gasteiger partial charge on any atom is -0.508 e. The number of aromatic hydroxyl groups is 3. The molecule has 9 N–H and O–H groups in total. The van der Waals surface area contributed by atoms with Crippen LogP contribution in [0.3, 0.4) is 0 Å². The van der Waals surface area contributed by atoms with Crippen LogP contribution in [0.4, 0.5) is 0 Å². The summed E-state index contributed by atoms with van der Waals surface area (Å²) in [7, 11) is 1.14. The quantitative estimate of drug-likeness (QED) is 0.0754. The van der Waals surface area contributed by atoms with Gasteiger partial charge in [-0.3, -0.25) is 10.1 Å². The van der Waals surface area contributed by atoms with Crippen molar-refractivity contribution in [1.82, 2.24) is 5.32 Å². The van der Waals surface area contributed by atoms with E-state index in [2.05, 4.69) is 5.32 Å². The normalized spacial score (nSPS) is 24.1. The predicted molar refractivity (Wildman–Crippen MR) is 157 cm³/mol. The van der Waals surface area contributed by atoms with Crippen molar-refractivity contribution in [1.29, 1.82) is 0 Å². The molecule has 0 bridgehead atoms. The first-order chi connectivity index (χ1) is 21.4. The number of hydrogen-bond donors (Lipinski definition) is 9. The number of fused-ring (bicyclic) bond motifs is 1. The van der Waals surface area contributed by atoms with Crippen molar-refractivity contribution in [2.24, 2.45) is 0 Å². The lowest BCUT2D eigenvalue weighted by atomic mass is 9.85. The lowest BCUT2D eigenvalue weighted by molar-refractivity contribution is -0.327. The molecule has 1 aromatic heterocycles. The van der Waals surface area contributed by atoms with Crippen LogP contribution >= 0.6 is 0 Å². The summed E-state index contributed by atoms with van der Waals surface area (Å²) in [5, 5.41) is 84.8. The molecule has 4 aromatic rings. The highest BCUT2D eigenvalue weighted by Crippen LogP contribution is 2.44. The number of aliphatic carboxylic acids is 1. The molecule has 2 heterocycles. The van der Waals surface area contributed by atoms with E-state index in [1.165, 1.54) is 18.2 Å². The van der Waals surface area contributed by atoms with Gasteiger partial charge in [-0.2, -0.15) is 0 Å². The van der Waals surface area contributed by atoms with Crippen LogP contribution in [0.2, 0.25) is 0 Å². The van der Waals surface area contributed by atoms with E-state index >= 15 is 0 Å². The number of carboxylic acid groups (broad SMARTS) is 1. The third kappa shape index (κ3) is 5.57. The Morgan fingerprint density at radius 1 is 0.978 bits per heavy atom. The smallest absolute Gasteiger partial charge is 0.343 e. The molecule has 1 aliphatic heterocycles. The second-order valence-corrected chi connectivity index (χ2v) is 10.3. The van der Waals surface area contributed by atoms with E-state index in [1.807, 2.05) is 30.3 Å². The van der Waals surface area contributed by atoms with Crippen molar-refractivity contribution < 1.29 is 59.5 Å². The zero-order valence-corrected chi connectivity index (χ0v) is 23.4. The fourth-order valence-electron chi connectivity index (χ4n) is 5.04. The molecule has 45 heavy (non-hydrogen) atoms. The Hall–Kier alpha value is -4.96. The van der Waals surface area contributed by atoms with E-state index in [1.54, 1.807) is 12.2 Å². The molecule has 14 heteroatoms. The lowest BCUT2D eigenvalue weighted by Crippen LogP contribution is -2.74. The number of phenols is 3. The molecule has 0 aliphatic carbocycles. The van der Waals surface area contributed by atoms with Gasteiger partial charge in [-0.25, -0.2) is 4.79 Å². The first-order valence-electron chi connectivity index (χ1n) is 13.5. The van der Waals surface area contributed by atoms with Gasteiger partial charge >= 0.3 is 5.97 Å². The van der Waals surface area contributed by atoms with Crippen LogP contribution in [0.1, 0.15) is 11.1 Å². The Morgan fingerprint density at radius 3 is 2.36 bits per heavy atom. The maximum absolute atomic E-state index is 13.1. The van der Waals surface area contributed by atoms with Crippen molar-refractivity contribution in [2.75, 3.05) is 7.05 Å². The molecule has 1 aliphatic rings. The van der Waals surface area contributed by atoms with Crippen LogP contribution in [0.15, 0.2) is 69.9 Å².